The summed E-state index contributed by atoms with van der Waals surface area (Å²) < 4.78 is 0. The molecular weight excluding hydrogens is 340 g/mol. The molecule has 1 aliphatic heterocycles. The van der Waals surface area contributed by atoms with Crippen molar-refractivity contribution >= 4 is 28.2 Å². The summed E-state index contributed by atoms with van der Waals surface area (Å²) in [5, 5.41) is 14.0. The number of nitrogens with one attached hydrogen (secondary N) is 1. The second-order valence-electron chi connectivity index (χ2n) is 7.22. The van der Waals surface area contributed by atoms with Crippen LogP contribution in [0.5, 0.6) is 0 Å². The van der Waals surface area contributed by atoms with Crippen LogP contribution in [0, 0.1) is 0 Å². The van der Waals surface area contributed by atoms with Gasteiger partial charge in [-0.15, -0.1) is 0 Å². The monoisotopic (exact) mass is 362 g/mol. The second kappa shape index (κ2) is 6.96. The van der Waals surface area contributed by atoms with Gasteiger partial charge in [-0.1, -0.05) is 18.2 Å². The maximum atomic E-state index is 12.7. The number of fused-ring (bicyclic) bond motifs is 1. The lowest BCUT2D eigenvalue weighted by molar-refractivity contribution is 0.0351. The average Bonchev–Trinajstić information content (AvgIpc) is 2.68. The first-order valence-electron chi connectivity index (χ1n) is 9.10. The summed E-state index contributed by atoms with van der Waals surface area (Å²) in [5.41, 5.74) is 2.12. The molecule has 4 rings (SSSR count). The van der Waals surface area contributed by atoms with Crippen molar-refractivity contribution in [2.24, 2.45) is 0 Å². The van der Waals surface area contributed by atoms with Gasteiger partial charge in [-0.3, -0.25) is 14.8 Å². The van der Waals surface area contributed by atoms with E-state index in [-0.39, 0.29) is 5.91 Å². The van der Waals surface area contributed by atoms with Crippen molar-refractivity contribution in [1.82, 2.24) is 9.97 Å². The molecular formula is C21H22N4O2. The predicted molar refractivity (Wildman–Crippen MR) is 106 cm³/mol. The maximum Gasteiger partial charge on any atom is 0.274 e. The molecule has 2 aromatic heterocycles. The van der Waals surface area contributed by atoms with Crippen molar-refractivity contribution in [3.05, 3.63) is 60.6 Å². The third-order valence-corrected chi connectivity index (χ3v) is 5.06. The number of para-hydroxylation sites is 1. The van der Waals surface area contributed by atoms with E-state index in [0.29, 0.717) is 24.2 Å². The number of carbonyl (C=O) groups is 1. The highest BCUT2D eigenvalue weighted by atomic mass is 16.3. The Hall–Kier alpha value is -2.99. The summed E-state index contributed by atoms with van der Waals surface area (Å²) in [5.74, 6) is -0.265. The van der Waals surface area contributed by atoms with E-state index >= 15 is 0 Å². The molecule has 0 unspecified atom stereocenters. The summed E-state index contributed by atoms with van der Waals surface area (Å²) in [4.78, 5) is 23.5. The number of benzene rings is 1. The number of hydrogen-bond acceptors (Lipinski definition) is 5. The molecule has 0 aliphatic carbocycles. The highest BCUT2D eigenvalue weighted by Crippen LogP contribution is 2.26. The number of hydrogen-bond donors (Lipinski definition) is 2. The lowest BCUT2D eigenvalue weighted by atomic mass is 9.93. The van der Waals surface area contributed by atoms with E-state index in [9.17, 15) is 9.90 Å². The minimum atomic E-state index is -0.606. The van der Waals surface area contributed by atoms with E-state index < -0.39 is 5.60 Å². The number of anilines is 2. The molecule has 138 valence electrons. The van der Waals surface area contributed by atoms with Crippen LogP contribution in [-0.4, -0.2) is 39.7 Å². The molecule has 0 bridgehead atoms. The van der Waals surface area contributed by atoms with Gasteiger partial charge in [0.05, 0.1) is 16.8 Å². The van der Waals surface area contributed by atoms with E-state index in [0.717, 1.165) is 29.7 Å². The van der Waals surface area contributed by atoms with Gasteiger partial charge in [0.2, 0.25) is 0 Å². The molecule has 2 N–H and O–H groups in total. The van der Waals surface area contributed by atoms with Crippen molar-refractivity contribution < 1.29 is 9.90 Å². The van der Waals surface area contributed by atoms with Crippen LogP contribution in [0.1, 0.15) is 30.3 Å². The zero-order valence-corrected chi connectivity index (χ0v) is 15.2. The quantitative estimate of drug-likeness (QED) is 0.748. The third-order valence-electron chi connectivity index (χ3n) is 5.06. The Morgan fingerprint density at radius 2 is 1.89 bits per heavy atom. The number of piperidine rings is 1. The van der Waals surface area contributed by atoms with Gasteiger partial charge in [-0.05, 0) is 44.0 Å². The first-order valence-corrected chi connectivity index (χ1v) is 9.10. The Bertz CT molecular complexity index is 971. The molecule has 0 spiro atoms. The highest BCUT2D eigenvalue weighted by molar-refractivity contribution is 6.07. The van der Waals surface area contributed by atoms with Gasteiger partial charge in [0.25, 0.3) is 5.91 Å². The van der Waals surface area contributed by atoms with Crippen LogP contribution >= 0.6 is 0 Å². The standard InChI is InChI=1S/C21H22N4O2/c1-21(27)8-12-25(13-9-21)16-7-11-22-18(14-16)20(26)24-17-6-2-4-15-5-3-10-23-19(15)17/h2-7,10-11,14,27H,8-9,12-13H2,1H3,(H,24,26). The fourth-order valence-corrected chi connectivity index (χ4v) is 3.38. The molecule has 1 aliphatic rings. The molecule has 6 nitrogen and oxygen atoms in total. The van der Waals surface area contributed by atoms with Crippen LogP contribution in [-0.2, 0) is 0 Å². The summed E-state index contributed by atoms with van der Waals surface area (Å²) in [6.07, 6.45) is 4.78. The average molecular weight is 362 g/mol. The SMILES string of the molecule is CC1(O)CCN(c2ccnc(C(=O)Nc3cccc4cccnc34)c2)CC1. The van der Waals surface area contributed by atoms with Crippen LogP contribution in [0.15, 0.2) is 54.9 Å². The second-order valence-corrected chi connectivity index (χ2v) is 7.22. The van der Waals surface area contributed by atoms with Crippen LogP contribution in [0.2, 0.25) is 0 Å². The van der Waals surface area contributed by atoms with Crippen LogP contribution in [0.3, 0.4) is 0 Å². The number of aliphatic hydroxyl groups is 1. The lowest BCUT2D eigenvalue weighted by Crippen LogP contribution is -2.42. The number of pyridine rings is 2. The number of amides is 1. The predicted octanol–water partition coefficient (Wildman–Crippen LogP) is 3.23. The van der Waals surface area contributed by atoms with Gasteiger partial charge >= 0.3 is 0 Å². The molecule has 0 atom stereocenters. The Morgan fingerprint density at radius 1 is 1.11 bits per heavy atom. The third kappa shape index (κ3) is 3.75. The fraction of sp³-hybridized carbons (Fsp3) is 0.286. The van der Waals surface area contributed by atoms with Gasteiger partial charge in [0.15, 0.2) is 0 Å². The van der Waals surface area contributed by atoms with Crippen molar-refractivity contribution in [3.8, 4) is 0 Å². The van der Waals surface area contributed by atoms with Gasteiger partial charge in [0.1, 0.15) is 5.69 Å². The topological polar surface area (TPSA) is 78.3 Å². The van der Waals surface area contributed by atoms with Crippen molar-refractivity contribution in [2.75, 3.05) is 23.3 Å². The molecule has 1 amide bonds. The number of rotatable bonds is 3. The Balaban J connectivity index is 1.54. The molecule has 27 heavy (non-hydrogen) atoms. The molecule has 3 aromatic rings. The van der Waals surface area contributed by atoms with Crippen molar-refractivity contribution in [1.29, 1.82) is 0 Å². The number of aromatic nitrogens is 2. The largest absolute Gasteiger partial charge is 0.390 e. The first-order chi connectivity index (χ1) is 13.0. The van der Waals surface area contributed by atoms with E-state index in [4.69, 9.17) is 0 Å². The zero-order valence-electron chi connectivity index (χ0n) is 15.2. The van der Waals surface area contributed by atoms with E-state index in [1.54, 1.807) is 18.5 Å². The zero-order chi connectivity index (χ0) is 18.9. The van der Waals surface area contributed by atoms with Crippen LogP contribution in [0.4, 0.5) is 11.4 Å². The van der Waals surface area contributed by atoms with E-state index in [1.165, 1.54) is 0 Å². The smallest absolute Gasteiger partial charge is 0.274 e. The van der Waals surface area contributed by atoms with Crippen molar-refractivity contribution in [2.45, 2.75) is 25.4 Å². The maximum absolute atomic E-state index is 12.7. The molecule has 0 saturated carbocycles. The summed E-state index contributed by atoms with van der Waals surface area (Å²) in [6.45, 7) is 3.38. The first kappa shape index (κ1) is 17.4. The van der Waals surface area contributed by atoms with Gasteiger partial charge in [-0.2, -0.15) is 0 Å². The van der Waals surface area contributed by atoms with E-state index in [2.05, 4.69) is 20.2 Å². The Labute approximate surface area is 157 Å². The normalized spacial score (nSPS) is 16.3. The van der Waals surface area contributed by atoms with Crippen molar-refractivity contribution in [3.63, 3.8) is 0 Å². The lowest BCUT2D eigenvalue weighted by Gasteiger charge is -2.37. The number of nitrogens with zero attached hydrogens (tertiary/aromatic N) is 3. The Kier molecular flexibility index (Phi) is 4.49. The Morgan fingerprint density at radius 3 is 2.70 bits per heavy atom. The summed E-state index contributed by atoms with van der Waals surface area (Å²) in [6, 6.07) is 13.2. The van der Waals surface area contributed by atoms with Crippen LogP contribution in [0.25, 0.3) is 10.9 Å². The molecule has 1 aromatic carbocycles. The molecule has 1 saturated heterocycles. The van der Waals surface area contributed by atoms with E-state index in [1.807, 2.05) is 43.3 Å². The van der Waals surface area contributed by atoms with Gasteiger partial charge in [-0.25, -0.2) is 0 Å². The minimum Gasteiger partial charge on any atom is -0.390 e. The summed E-state index contributed by atoms with van der Waals surface area (Å²) in [7, 11) is 0. The number of carbonyl (C=O) groups excluding carboxylic acids is 1. The van der Waals surface area contributed by atoms with Crippen LogP contribution < -0.4 is 10.2 Å². The highest BCUT2D eigenvalue weighted by Gasteiger charge is 2.27. The molecule has 1 fully saturated rings. The van der Waals surface area contributed by atoms with Gasteiger partial charge in [0, 0.05) is 36.6 Å². The molecule has 3 heterocycles. The molecule has 0 radical (unpaired) electrons. The fourth-order valence-electron chi connectivity index (χ4n) is 3.38. The molecule has 6 heteroatoms. The summed E-state index contributed by atoms with van der Waals surface area (Å²) >= 11 is 0. The van der Waals surface area contributed by atoms with Gasteiger partial charge < -0.3 is 15.3 Å². The minimum absolute atomic E-state index is 0.265.